The van der Waals surface area contributed by atoms with Crippen LogP contribution < -0.4 is 15.0 Å². The first-order chi connectivity index (χ1) is 12.8. The zero-order valence-corrected chi connectivity index (χ0v) is 16.2. The van der Waals surface area contributed by atoms with Crippen LogP contribution in [0.5, 0.6) is 5.75 Å². The molecule has 0 aliphatic carbocycles. The fourth-order valence-electron chi connectivity index (χ4n) is 2.62. The highest BCUT2D eigenvalue weighted by atomic mass is 79.9. The van der Waals surface area contributed by atoms with E-state index in [1.807, 2.05) is 4.90 Å². The van der Waals surface area contributed by atoms with Crippen LogP contribution in [0.2, 0.25) is 0 Å². The number of nitrogens with one attached hydrogen (secondary N) is 1. The Morgan fingerprint density at radius 1 is 1.44 bits per heavy atom. The number of hydrogen-bond acceptors (Lipinski definition) is 5. The number of aliphatic hydroxyl groups excluding tert-OH is 1. The van der Waals surface area contributed by atoms with Crippen LogP contribution in [0, 0.1) is 0 Å². The standard InChI is InChI=1S/C17H15BrClF2N3O3/c18-14-7-10(8-22-15(14)24-6-5-12(24)9-25)16(26)23-11-1-3-13(4-2-11)27-17(19,20)21/h1-4,7-8,12,25H,5-6,9H2,(H,23,26)/t12-/m0/s1. The molecule has 1 aromatic carbocycles. The number of rotatable bonds is 6. The van der Waals surface area contributed by atoms with Crippen molar-refractivity contribution in [1.82, 2.24) is 4.98 Å². The van der Waals surface area contributed by atoms with E-state index >= 15 is 0 Å². The Kier molecular flexibility index (Phi) is 5.83. The lowest BCUT2D eigenvalue weighted by molar-refractivity contribution is -0.0964. The number of anilines is 2. The van der Waals surface area contributed by atoms with Gasteiger partial charge >= 0.3 is 5.57 Å². The molecule has 10 heteroatoms. The molecule has 2 aromatic rings. The van der Waals surface area contributed by atoms with Crippen molar-refractivity contribution in [3.8, 4) is 5.75 Å². The number of aliphatic hydroxyl groups is 1. The second-order valence-electron chi connectivity index (χ2n) is 5.87. The van der Waals surface area contributed by atoms with Gasteiger partial charge < -0.3 is 20.1 Å². The number of alkyl halides is 3. The van der Waals surface area contributed by atoms with E-state index in [0.29, 0.717) is 21.5 Å². The van der Waals surface area contributed by atoms with Gasteiger partial charge in [-0.3, -0.25) is 4.79 Å². The number of amides is 1. The van der Waals surface area contributed by atoms with Gasteiger partial charge in [0.1, 0.15) is 11.6 Å². The van der Waals surface area contributed by atoms with Gasteiger partial charge in [0.05, 0.1) is 22.7 Å². The van der Waals surface area contributed by atoms with Gasteiger partial charge in [-0.05, 0) is 52.7 Å². The van der Waals surface area contributed by atoms with Crippen molar-refractivity contribution in [2.75, 3.05) is 23.4 Å². The number of halogens is 4. The summed E-state index contributed by atoms with van der Waals surface area (Å²) in [7, 11) is 0. The highest BCUT2D eigenvalue weighted by molar-refractivity contribution is 9.10. The second-order valence-corrected chi connectivity index (χ2v) is 7.17. The predicted molar refractivity (Wildman–Crippen MR) is 101 cm³/mol. The van der Waals surface area contributed by atoms with Gasteiger partial charge in [0.15, 0.2) is 0 Å². The molecular weight excluding hydrogens is 448 g/mol. The minimum Gasteiger partial charge on any atom is -0.420 e. The van der Waals surface area contributed by atoms with Crippen LogP contribution in [0.4, 0.5) is 20.3 Å². The first-order valence-electron chi connectivity index (χ1n) is 7.97. The summed E-state index contributed by atoms with van der Waals surface area (Å²) in [4.78, 5) is 18.6. The highest BCUT2D eigenvalue weighted by Gasteiger charge is 2.30. The Hall–Kier alpha value is -1.97. The number of pyridine rings is 1. The summed E-state index contributed by atoms with van der Waals surface area (Å²) in [6.45, 7) is 0.837. The maximum atomic E-state index is 12.6. The van der Waals surface area contributed by atoms with E-state index in [9.17, 15) is 18.7 Å². The van der Waals surface area contributed by atoms with Crippen LogP contribution >= 0.6 is 27.5 Å². The molecule has 1 amide bonds. The third-order valence-electron chi connectivity index (χ3n) is 4.06. The topological polar surface area (TPSA) is 74.7 Å². The van der Waals surface area contributed by atoms with E-state index in [1.54, 1.807) is 6.07 Å². The van der Waals surface area contributed by atoms with E-state index in [2.05, 4.69) is 31.0 Å². The van der Waals surface area contributed by atoms with Crippen LogP contribution in [-0.4, -0.2) is 40.8 Å². The predicted octanol–water partition coefficient (Wildman–Crippen LogP) is 3.84. The second kappa shape index (κ2) is 7.95. The smallest absolute Gasteiger partial charge is 0.420 e. The molecule has 0 unspecified atom stereocenters. The molecule has 3 rings (SSSR count). The van der Waals surface area contributed by atoms with Gasteiger partial charge in [-0.25, -0.2) is 4.98 Å². The van der Waals surface area contributed by atoms with Crippen molar-refractivity contribution in [2.24, 2.45) is 0 Å². The maximum Gasteiger partial charge on any atom is 0.487 e. The number of carbonyl (C=O) groups is 1. The first kappa shape index (κ1) is 19.8. The van der Waals surface area contributed by atoms with Crippen molar-refractivity contribution in [3.05, 3.63) is 46.6 Å². The van der Waals surface area contributed by atoms with Crippen molar-refractivity contribution in [3.63, 3.8) is 0 Å². The normalized spacial score (nSPS) is 16.6. The average molecular weight is 463 g/mol. The van der Waals surface area contributed by atoms with Crippen molar-refractivity contribution in [1.29, 1.82) is 0 Å². The number of nitrogens with zero attached hydrogens (tertiary/aromatic N) is 2. The molecule has 27 heavy (non-hydrogen) atoms. The van der Waals surface area contributed by atoms with Gasteiger partial charge in [-0.2, -0.15) is 0 Å². The summed E-state index contributed by atoms with van der Waals surface area (Å²) in [5, 5.41) is 11.9. The molecule has 0 spiro atoms. The van der Waals surface area contributed by atoms with E-state index in [1.165, 1.54) is 30.5 Å². The Bertz CT molecular complexity index is 831. The third kappa shape index (κ3) is 4.85. The first-order valence-corrected chi connectivity index (χ1v) is 9.14. The van der Waals surface area contributed by atoms with Gasteiger partial charge in [-0.15, -0.1) is 8.78 Å². The van der Waals surface area contributed by atoms with Gasteiger partial charge in [0.25, 0.3) is 5.91 Å². The minimum atomic E-state index is -3.80. The van der Waals surface area contributed by atoms with Gasteiger partial charge in [-0.1, -0.05) is 0 Å². The summed E-state index contributed by atoms with van der Waals surface area (Å²) in [5.74, 6) is 0.128. The fourth-order valence-corrected chi connectivity index (χ4v) is 3.28. The number of ether oxygens (including phenoxy) is 1. The maximum absolute atomic E-state index is 12.6. The van der Waals surface area contributed by atoms with Gasteiger partial charge in [0, 0.05) is 30.0 Å². The number of aromatic nitrogens is 1. The number of carbonyl (C=O) groups excluding carboxylic acids is 1. The Morgan fingerprint density at radius 3 is 2.67 bits per heavy atom. The lowest BCUT2D eigenvalue weighted by atomic mass is 10.0. The van der Waals surface area contributed by atoms with E-state index < -0.39 is 11.5 Å². The molecule has 1 fully saturated rings. The molecule has 0 radical (unpaired) electrons. The number of benzene rings is 1. The molecular formula is C17H15BrClF2N3O3. The molecule has 1 aliphatic rings. The molecule has 1 atom stereocenters. The quantitative estimate of drug-likeness (QED) is 0.638. The molecule has 6 nitrogen and oxygen atoms in total. The molecule has 0 bridgehead atoms. The summed E-state index contributed by atoms with van der Waals surface area (Å²) in [5.41, 5.74) is -3.08. The summed E-state index contributed by atoms with van der Waals surface area (Å²) < 4.78 is 30.0. The van der Waals surface area contributed by atoms with Crippen LogP contribution in [0.25, 0.3) is 0 Å². The summed E-state index contributed by atoms with van der Waals surface area (Å²) >= 11 is 8.10. The zero-order valence-electron chi connectivity index (χ0n) is 13.8. The van der Waals surface area contributed by atoms with Crippen LogP contribution in [0.1, 0.15) is 16.8 Å². The van der Waals surface area contributed by atoms with E-state index in [-0.39, 0.29) is 18.4 Å². The Morgan fingerprint density at radius 2 is 2.15 bits per heavy atom. The van der Waals surface area contributed by atoms with Crippen LogP contribution in [0.3, 0.4) is 0 Å². The molecule has 2 heterocycles. The van der Waals surface area contributed by atoms with E-state index in [4.69, 9.17) is 11.6 Å². The molecule has 144 valence electrons. The van der Waals surface area contributed by atoms with Crippen LogP contribution in [0.15, 0.2) is 41.0 Å². The van der Waals surface area contributed by atoms with Gasteiger partial charge in [0.2, 0.25) is 0 Å². The zero-order chi connectivity index (χ0) is 19.6. The SMILES string of the molecule is O=C(Nc1ccc(OC(F)(F)Cl)cc1)c1cnc(N2CC[C@H]2CO)c(Br)c1. The Labute approximate surface area is 167 Å². The highest BCUT2D eigenvalue weighted by Crippen LogP contribution is 2.32. The van der Waals surface area contributed by atoms with Crippen molar-refractivity contribution >= 4 is 44.9 Å². The van der Waals surface area contributed by atoms with E-state index in [0.717, 1.165) is 13.0 Å². The Balaban J connectivity index is 1.67. The summed E-state index contributed by atoms with van der Waals surface area (Å²) in [6.07, 6.45) is 2.33. The molecule has 1 saturated heterocycles. The lowest BCUT2D eigenvalue weighted by Crippen LogP contribution is -2.50. The van der Waals surface area contributed by atoms with Crippen molar-refractivity contribution < 1.29 is 23.4 Å². The molecule has 0 saturated carbocycles. The minimum absolute atomic E-state index is 0.0366. The summed E-state index contributed by atoms with van der Waals surface area (Å²) in [6, 6.07) is 7.03. The third-order valence-corrected chi connectivity index (χ3v) is 4.72. The fraction of sp³-hybridized carbons (Fsp3) is 0.294. The number of hydrogen-bond donors (Lipinski definition) is 2. The monoisotopic (exact) mass is 461 g/mol. The average Bonchev–Trinajstić information content (AvgIpc) is 2.56. The molecule has 1 aliphatic heterocycles. The molecule has 2 N–H and O–H groups in total. The largest absolute Gasteiger partial charge is 0.487 e. The lowest BCUT2D eigenvalue weighted by Gasteiger charge is -2.41. The van der Waals surface area contributed by atoms with Crippen LogP contribution in [-0.2, 0) is 0 Å². The van der Waals surface area contributed by atoms with Crippen molar-refractivity contribution in [2.45, 2.75) is 18.0 Å². The molecule has 1 aromatic heterocycles.